The van der Waals surface area contributed by atoms with Gasteiger partial charge in [-0.25, -0.2) is 0 Å². The SMILES string of the molecule is CCCCC(CN)NC(=O)c1ccc([N+](=O)[O-])cc1C.Cl. The third kappa shape index (κ3) is 5.69. The molecule has 1 rings (SSSR count). The zero-order valence-corrected chi connectivity index (χ0v) is 13.1. The van der Waals surface area contributed by atoms with Crippen LogP contribution in [0.5, 0.6) is 0 Å². The number of carbonyl (C=O) groups is 1. The van der Waals surface area contributed by atoms with Gasteiger partial charge < -0.3 is 11.1 Å². The summed E-state index contributed by atoms with van der Waals surface area (Å²) in [6.45, 7) is 4.15. The van der Waals surface area contributed by atoms with E-state index in [2.05, 4.69) is 12.2 Å². The Morgan fingerprint density at radius 2 is 2.14 bits per heavy atom. The van der Waals surface area contributed by atoms with Crippen LogP contribution in [0, 0.1) is 17.0 Å². The predicted octanol–water partition coefficient (Wildman–Crippen LogP) is 2.57. The van der Waals surface area contributed by atoms with Gasteiger partial charge in [0.15, 0.2) is 0 Å². The van der Waals surface area contributed by atoms with Gasteiger partial charge in [0.05, 0.1) is 4.92 Å². The first kappa shape index (κ1) is 19.3. The van der Waals surface area contributed by atoms with E-state index in [0.29, 0.717) is 17.7 Å². The lowest BCUT2D eigenvalue weighted by Gasteiger charge is -2.17. The van der Waals surface area contributed by atoms with Crippen molar-refractivity contribution < 1.29 is 9.72 Å². The highest BCUT2D eigenvalue weighted by atomic mass is 35.5. The third-order valence-corrected chi connectivity index (χ3v) is 3.19. The van der Waals surface area contributed by atoms with Crippen molar-refractivity contribution in [3.8, 4) is 0 Å². The van der Waals surface area contributed by atoms with Crippen LogP contribution < -0.4 is 11.1 Å². The average molecular weight is 316 g/mol. The highest BCUT2D eigenvalue weighted by molar-refractivity contribution is 5.96. The fourth-order valence-corrected chi connectivity index (χ4v) is 1.98. The van der Waals surface area contributed by atoms with Crippen LogP contribution in [0.15, 0.2) is 18.2 Å². The molecule has 1 aromatic rings. The summed E-state index contributed by atoms with van der Waals surface area (Å²) in [5.74, 6) is -0.232. The number of carbonyl (C=O) groups excluding carboxylic acids is 1. The molecule has 0 fully saturated rings. The van der Waals surface area contributed by atoms with Crippen molar-refractivity contribution >= 4 is 24.0 Å². The van der Waals surface area contributed by atoms with E-state index in [9.17, 15) is 14.9 Å². The van der Waals surface area contributed by atoms with Crippen LogP contribution in [-0.4, -0.2) is 23.4 Å². The molecule has 0 heterocycles. The Hall–Kier alpha value is -1.66. The van der Waals surface area contributed by atoms with Gasteiger partial charge in [-0.2, -0.15) is 0 Å². The summed E-state index contributed by atoms with van der Waals surface area (Å²) in [6.07, 6.45) is 2.88. The molecule has 3 N–H and O–H groups in total. The van der Waals surface area contributed by atoms with Crippen molar-refractivity contribution in [3.05, 3.63) is 39.4 Å². The van der Waals surface area contributed by atoms with Crippen molar-refractivity contribution in [1.82, 2.24) is 5.32 Å². The minimum absolute atomic E-state index is 0. The van der Waals surface area contributed by atoms with E-state index in [4.69, 9.17) is 5.73 Å². The van der Waals surface area contributed by atoms with Crippen LogP contribution in [0.4, 0.5) is 5.69 Å². The van der Waals surface area contributed by atoms with E-state index in [1.807, 2.05) is 0 Å². The van der Waals surface area contributed by atoms with Gasteiger partial charge in [0.25, 0.3) is 11.6 Å². The summed E-state index contributed by atoms with van der Waals surface area (Å²) in [6, 6.07) is 4.16. The second-order valence-corrected chi connectivity index (χ2v) is 4.80. The van der Waals surface area contributed by atoms with E-state index in [1.165, 1.54) is 18.2 Å². The Morgan fingerprint density at radius 3 is 2.62 bits per heavy atom. The monoisotopic (exact) mass is 315 g/mol. The lowest BCUT2D eigenvalue weighted by Crippen LogP contribution is -2.40. The second kappa shape index (κ2) is 9.31. The van der Waals surface area contributed by atoms with Crippen molar-refractivity contribution in [2.24, 2.45) is 5.73 Å². The first-order chi connectivity index (χ1) is 9.49. The van der Waals surface area contributed by atoms with Gasteiger partial charge in [0.1, 0.15) is 0 Å². The number of nitrogens with one attached hydrogen (secondary N) is 1. The van der Waals surface area contributed by atoms with Gasteiger partial charge in [-0.05, 0) is 25.0 Å². The number of amides is 1. The van der Waals surface area contributed by atoms with Gasteiger partial charge >= 0.3 is 0 Å². The van der Waals surface area contributed by atoms with Crippen LogP contribution in [0.2, 0.25) is 0 Å². The van der Waals surface area contributed by atoms with Crippen molar-refractivity contribution in [2.75, 3.05) is 6.54 Å². The van der Waals surface area contributed by atoms with E-state index < -0.39 is 4.92 Å². The molecule has 0 aliphatic carbocycles. The van der Waals surface area contributed by atoms with E-state index in [-0.39, 0.29) is 30.0 Å². The summed E-state index contributed by atoms with van der Waals surface area (Å²) >= 11 is 0. The second-order valence-electron chi connectivity index (χ2n) is 4.80. The summed E-state index contributed by atoms with van der Waals surface area (Å²) in [7, 11) is 0. The largest absolute Gasteiger partial charge is 0.348 e. The number of benzene rings is 1. The molecule has 0 aliphatic heterocycles. The smallest absolute Gasteiger partial charge is 0.269 e. The quantitative estimate of drug-likeness (QED) is 0.596. The van der Waals surface area contributed by atoms with E-state index >= 15 is 0 Å². The number of hydrogen-bond donors (Lipinski definition) is 2. The van der Waals surface area contributed by atoms with Crippen LogP contribution >= 0.6 is 12.4 Å². The molecule has 21 heavy (non-hydrogen) atoms. The summed E-state index contributed by atoms with van der Waals surface area (Å²) < 4.78 is 0. The number of hydrogen-bond acceptors (Lipinski definition) is 4. The highest BCUT2D eigenvalue weighted by Gasteiger charge is 2.16. The average Bonchev–Trinajstić information content (AvgIpc) is 2.42. The van der Waals surface area contributed by atoms with Crippen LogP contribution in [0.25, 0.3) is 0 Å². The first-order valence-electron chi connectivity index (χ1n) is 6.75. The Labute approximate surface area is 130 Å². The van der Waals surface area contributed by atoms with E-state index in [0.717, 1.165) is 19.3 Å². The zero-order chi connectivity index (χ0) is 15.1. The molecule has 7 heteroatoms. The number of halogens is 1. The number of non-ortho nitro benzene ring substituents is 1. The zero-order valence-electron chi connectivity index (χ0n) is 12.3. The topological polar surface area (TPSA) is 98.3 Å². The minimum atomic E-state index is -0.474. The molecular formula is C14H22ClN3O3. The molecule has 0 aromatic heterocycles. The number of nitrogens with zero attached hydrogens (tertiary/aromatic N) is 1. The Balaban J connectivity index is 0.00000400. The Kier molecular flexibility index (Phi) is 8.57. The minimum Gasteiger partial charge on any atom is -0.348 e. The normalized spacial score (nSPS) is 11.4. The van der Waals surface area contributed by atoms with Gasteiger partial charge in [-0.1, -0.05) is 19.8 Å². The maximum absolute atomic E-state index is 12.1. The molecule has 1 unspecified atom stereocenters. The van der Waals surface area contributed by atoms with E-state index in [1.54, 1.807) is 6.92 Å². The molecule has 0 aliphatic rings. The standard InChI is InChI=1S/C14H21N3O3.ClH/c1-3-4-5-11(9-15)16-14(18)13-7-6-12(17(19)20)8-10(13)2;/h6-8,11H,3-5,9,15H2,1-2H3,(H,16,18);1H. The van der Waals surface area contributed by atoms with Gasteiger partial charge in [0, 0.05) is 30.3 Å². The Bertz CT molecular complexity index is 494. The fourth-order valence-electron chi connectivity index (χ4n) is 1.98. The molecule has 118 valence electrons. The molecular weight excluding hydrogens is 294 g/mol. The van der Waals surface area contributed by atoms with Crippen molar-refractivity contribution in [3.63, 3.8) is 0 Å². The molecule has 1 amide bonds. The molecule has 0 bridgehead atoms. The molecule has 0 spiro atoms. The number of aryl methyl sites for hydroxylation is 1. The molecule has 0 radical (unpaired) electrons. The predicted molar refractivity (Wildman–Crippen MR) is 84.9 cm³/mol. The molecule has 1 aromatic carbocycles. The number of nitro benzene ring substituents is 1. The lowest BCUT2D eigenvalue weighted by atomic mass is 10.1. The summed E-state index contributed by atoms with van der Waals surface area (Å²) in [4.78, 5) is 22.3. The highest BCUT2D eigenvalue weighted by Crippen LogP contribution is 2.17. The van der Waals surface area contributed by atoms with Crippen LogP contribution in [0.3, 0.4) is 0 Å². The molecule has 1 atom stereocenters. The molecule has 0 saturated heterocycles. The van der Waals surface area contributed by atoms with Crippen molar-refractivity contribution in [2.45, 2.75) is 39.2 Å². The number of nitrogens with two attached hydrogens (primary N) is 1. The number of unbranched alkanes of at least 4 members (excludes halogenated alkanes) is 1. The maximum Gasteiger partial charge on any atom is 0.269 e. The maximum atomic E-state index is 12.1. The molecule has 0 saturated carbocycles. The van der Waals surface area contributed by atoms with Gasteiger partial charge in [-0.15, -0.1) is 12.4 Å². The first-order valence-corrected chi connectivity index (χ1v) is 6.75. The number of nitro groups is 1. The van der Waals surface area contributed by atoms with Gasteiger partial charge in [-0.3, -0.25) is 14.9 Å². The third-order valence-electron chi connectivity index (χ3n) is 3.19. The summed E-state index contributed by atoms with van der Waals surface area (Å²) in [5.41, 5.74) is 6.66. The summed E-state index contributed by atoms with van der Waals surface area (Å²) in [5, 5.41) is 13.5. The number of rotatable bonds is 7. The van der Waals surface area contributed by atoms with Crippen molar-refractivity contribution in [1.29, 1.82) is 0 Å². The Morgan fingerprint density at radius 1 is 1.48 bits per heavy atom. The van der Waals surface area contributed by atoms with Crippen LogP contribution in [-0.2, 0) is 0 Å². The van der Waals surface area contributed by atoms with Gasteiger partial charge in [0.2, 0.25) is 0 Å². The fraction of sp³-hybridized carbons (Fsp3) is 0.500. The van der Waals surface area contributed by atoms with Crippen LogP contribution in [0.1, 0.15) is 42.1 Å². The molecule has 6 nitrogen and oxygen atoms in total. The lowest BCUT2D eigenvalue weighted by molar-refractivity contribution is -0.384.